The Morgan fingerprint density at radius 1 is 1.47 bits per heavy atom. The number of ether oxygens (including phenoxy) is 1. The lowest BCUT2D eigenvalue weighted by Gasteiger charge is -2.26. The summed E-state index contributed by atoms with van der Waals surface area (Å²) >= 11 is 1.92. The minimum atomic E-state index is -0.246. The van der Waals surface area contributed by atoms with Crippen LogP contribution in [0.4, 0.5) is 0 Å². The first kappa shape index (κ1) is 15.1. The van der Waals surface area contributed by atoms with Crippen molar-refractivity contribution in [2.45, 2.75) is 37.5 Å². The predicted molar refractivity (Wildman–Crippen MR) is 72.7 cm³/mol. The van der Waals surface area contributed by atoms with E-state index in [1.807, 2.05) is 23.7 Å². The van der Waals surface area contributed by atoms with Crippen molar-refractivity contribution in [1.29, 1.82) is 0 Å². The Morgan fingerprint density at radius 2 is 2.24 bits per heavy atom. The summed E-state index contributed by atoms with van der Waals surface area (Å²) in [6.07, 6.45) is 2.69. The van der Waals surface area contributed by atoms with Gasteiger partial charge in [0, 0.05) is 25.4 Å². The van der Waals surface area contributed by atoms with Gasteiger partial charge in [0.05, 0.1) is 6.10 Å². The van der Waals surface area contributed by atoms with Crippen LogP contribution in [0.25, 0.3) is 0 Å². The van der Waals surface area contributed by atoms with Gasteiger partial charge in [0.1, 0.15) is 6.10 Å². The molecule has 4 nitrogen and oxygen atoms in total. The summed E-state index contributed by atoms with van der Waals surface area (Å²) in [6.45, 7) is 0.521. The molecule has 2 aliphatic heterocycles. The number of hydrogen-bond acceptors (Lipinski definition) is 4. The van der Waals surface area contributed by atoms with Crippen LogP contribution < -0.4 is 5.73 Å². The van der Waals surface area contributed by atoms with E-state index in [-0.39, 0.29) is 30.5 Å². The monoisotopic (exact) mass is 280 g/mol. The minimum absolute atomic E-state index is 0. The van der Waals surface area contributed by atoms with E-state index in [0.717, 1.165) is 25.0 Å². The van der Waals surface area contributed by atoms with Gasteiger partial charge in [-0.05, 0) is 25.0 Å². The Balaban J connectivity index is 0.00000144. The highest BCUT2D eigenvalue weighted by atomic mass is 35.5. The van der Waals surface area contributed by atoms with Crippen molar-refractivity contribution in [3.05, 3.63) is 0 Å². The maximum absolute atomic E-state index is 12.1. The average Bonchev–Trinajstić information content (AvgIpc) is 2.97. The molecule has 2 fully saturated rings. The van der Waals surface area contributed by atoms with Gasteiger partial charge in [-0.1, -0.05) is 0 Å². The number of carbonyl (C=O) groups excluding carboxylic acids is 1. The molecular formula is C11H21ClN2O2S. The molecule has 0 aliphatic carbocycles. The lowest BCUT2D eigenvalue weighted by Crippen LogP contribution is -2.43. The highest BCUT2D eigenvalue weighted by Gasteiger charge is 2.34. The van der Waals surface area contributed by atoms with Crippen LogP contribution in [0.2, 0.25) is 0 Å². The van der Waals surface area contributed by atoms with Crippen LogP contribution >= 0.6 is 24.2 Å². The van der Waals surface area contributed by atoms with Crippen LogP contribution in [0.5, 0.6) is 0 Å². The number of likely N-dealkylation sites (N-methyl/N-ethyl adjacent to an activating group) is 1. The molecule has 2 N–H and O–H groups in total. The van der Waals surface area contributed by atoms with E-state index in [9.17, 15) is 4.79 Å². The fraction of sp³-hybridized carbons (Fsp3) is 0.909. The summed E-state index contributed by atoms with van der Waals surface area (Å²) in [5.41, 5.74) is 5.54. The molecule has 2 saturated heterocycles. The molecule has 2 rings (SSSR count). The molecule has 0 aromatic rings. The molecule has 6 heteroatoms. The summed E-state index contributed by atoms with van der Waals surface area (Å²) < 4.78 is 5.63. The summed E-state index contributed by atoms with van der Waals surface area (Å²) in [6, 6.07) is 0.401. The molecule has 17 heavy (non-hydrogen) atoms. The molecule has 0 spiro atoms. The Morgan fingerprint density at radius 3 is 2.76 bits per heavy atom. The maximum atomic E-state index is 12.1. The summed E-state index contributed by atoms with van der Waals surface area (Å²) in [5, 5.41) is 0. The third-order valence-corrected chi connectivity index (χ3v) is 4.59. The quantitative estimate of drug-likeness (QED) is 0.834. The molecule has 0 saturated carbocycles. The molecule has 3 atom stereocenters. The molecule has 1 unspecified atom stereocenters. The van der Waals surface area contributed by atoms with E-state index in [1.165, 1.54) is 5.75 Å². The molecule has 0 bridgehead atoms. The standard InChI is InChI=1S/C11H20N2O2S.ClH/c1-13(8-4-5-16-7-8)11(14)10-3-2-9(6-12)15-10;/h8-10H,2-7,12H2,1H3;1H/t8?,9-,10+;/m1./s1. The zero-order valence-corrected chi connectivity index (χ0v) is 11.8. The van der Waals surface area contributed by atoms with Crippen molar-refractivity contribution in [3.8, 4) is 0 Å². The first-order valence-electron chi connectivity index (χ1n) is 5.92. The van der Waals surface area contributed by atoms with Crippen molar-refractivity contribution in [1.82, 2.24) is 4.90 Å². The van der Waals surface area contributed by atoms with Gasteiger partial charge in [-0.15, -0.1) is 12.4 Å². The highest BCUT2D eigenvalue weighted by molar-refractivity contribution is 7.99. The van der Waals surface area contributed by atoms with Crippen molar-refractivity contribution < 1.29 is 9.53 Å². The largest absolute Gasteiger partial charge is 0.364 e. The second-order valence-electron chi connectivity index (χ2n) is 4.53. The third kappa shape index (κ3) is 3.50. The molecule has 0 radical (unpaired) electrons. The fourth-order valence-corrected chi connectivity index (χ4v) is 3.56. The van der Waals surface area contributed by atoms with E-state index in [0.29, 0.717) is 12.6 Å². The number of nitrogens with two attached hydrogens (primary N) is 1. The third-order valence-electron chi connectivity index (χ3n) is 3.45. The van der Waals surface area contributed by atoms with Gasteiger partial charge in [0.2, 0.25) is 0 Å². The number of rotatable bonds is 3. The van der Waals surface area contributed by atoms with E-state index >= 15 is 0 Å². The van der Waals surface area contributed by atoms with Crippen LogP contribution in [0.15, 0.2) is 0 Å². The van der Waals surface area contributed by atoms with E-state index in [1.54, 1.807) is 0 Å². The van der Waals surface area contributed by atoms with Gasteiger partial charge in [-0.25, -0.2) is 0 Å². The Kier molecular flexibility index (Phi) is 6.06. The first-order chi connectivity index (χ1) is 7.72. The topological polar surface area (TPSA) is 55.6 Å². The summed E-state index contributed by atoms with van der Waals surface area (Å²) in [5.74, 6) is 2.37. The minimum Gasteiger partial charge on any atom is -0.364 e. The molecule has 1 amide bonds. The summed E-state index contributed by atoms with van der Waals surface area (Å²) in [7, 11) is 1.90. The lowest BCUT2D eigenvalue weighted by molar-refractivity contribution is -0.143. The Hall–Kier alpha value is 0.0300. The fourth-order valence-electron chi connectivity index (χ4n) is 2.30. The van der Waals surface area contributed by atoms with Crippen LogP contribution in [0, 0.1) is 0 Å². The van der Waals surface area contributed by atoms with Crippen LogP contribution in [0.3, 0.4) is 0 Å². The number of hydrogen-bond donors (Lipinski definition) is 1. The zero-order valence-electron chi connectivity index (χ0n) is 10.1. The molecular weight excluding hydrogens is 260 g/mol. The van der Waals surface area contributed by atoms with Gasteiger partial charge in [0.15, 0.2) is 0 Å². The number of nitrogens with zero attached hydrogens (tertiary/aromatic N) is 1. The van der Waals surface area contributed by atoms with E-state index in [2.05, 4.69) is 0 Å². The van der Waals surface area contributed by atoms with Gasteiger partial charge in [0.25, 0.3) is 5.91 Å². The van der Waals surface area contributed by atoms with Crippen LogP contribution in [0.1, 0.15) is 19.3 Å². The van der Waals surface area contributed by atoms with Crippen molar-refractivity contribution in [2.75, 3.05) is 25.1 Å². The normalized spacial score (nSPS) is 32.2. The second-order valence-corrected chi connectivity index (χ2v) is 5.68. The highest BCUT2D eigenvalue weighted by Crippen LogP contribution is 2.25. The average molecular weight is 281 g/mol. The van der Waals surface area contributed by atoms with Gasteiger partial charge in [-0.3, -0.25) is 4.79 Å². The van der Waals surface area contributed by atoms with Crippen LogP contribution in [-0.4, -0.2) is 54.2 Å². The van der Waals surface area contributed by atoms with Gasteiger partial charge >= 0.3 is 0 Å². The Labute approximate surface area is 113 Å². The number of thioether (sulfide) groups is 1. The van der Waals surface area contributed by atoms with E-state index in [4.69, 9.17) is 10.5 Å². The molecule has 0 aromatic heterocycles. The SMILES string of the molecule is CN(C(=O)[C@@H]1CC[C@H](CN)O1)C1CCSC1.Cl. The second kappa shape index (κ2) is 6.83. The number of halogens is 1. The molecule has 0 aromatic carbocycles. The Bertz CT molecular complexity index is 262. The van der Waals surface area contributed by atoms with Gasteiger partial charge < -0.3 is 15.4 Å². The maximum Gasteiger partial charge on any atom is 0.251 e. The molecule has 2 heterocycles. The zero-order chi connectivity index (χ0) is 11.5. The first-order valence-corrected chi connectivity index (χ1v) is 7.07. The van der Waals surface area contributed by atoms with Crippen molar-refractivity contribution in [2.24, 2.45) is 5.73 Å². The lowest BCUT2D eigenvalue weighted by atomic mass is 10.1. The van der Waals surface area contributed by atoms with Crippen molar-refractivity contribution in [3.63, 3.8) is 0 Å². The number of amides is 1. The van der Waals surface area contributed by atoms with Crippen molar-refractivity contribution >= 4 is 30.1 Å². The van der Waals surface area contributed by atoms with E-state index < -0.39 is 0 Å². The number of carbonyl (C=O) groups is 1. The smallest absolute Gasteiger partial charge is 0.251 e. The molecule has 100 valence electrons. The molecule has 2 aliphatic rings. The van der Waals surface area contributed by atoms with Crippen LogP contribution in [-0.2, 0) is 9.53 Å². The van der Waals surface area contributed by atoms with Gasteiger partial charge in [-0.2, -0.15) is 11.8 Å². The predicted octanol–water partition coefficient (Wildman–Crippen LogP) is 0.878. The summed E-state index contributed by atoms with van der Waals surface area (Å²) in [4.78, 5) is 14.0.